The Morgan fingerprint density at radius 1 is 1.09 bits per heavy atom. The minimum atomic E-state index is -3.31. The van der Waals surface area contributed by atoms with Crippen molar-refractivity contribution < 1.29 is 17.9 Å². The maximum Gasteiger partial charge on any atom is 0.255 e. The van der Waals surface area contributed by atoms with E-state index in [9.17, 15) is 18.0 Å². The number of hydrogen-bond donors (Lipinski definition) is 3. The normalized spacial score (nSPS) is 11.8. The number of aromatic amines is 1. The van der Waals surface area contributed by atoms with Crippen LogP contribution in [0, 0.1) is 0 Å². The third-order valence-corrected chi connectivity index (χ3v) is 5.90. The van der Waals surface area contributed by atoms with Gasteiger partial charge in [-0.15, -0.1) is 0 Å². The van der Waals surface area contributed by atoms with Crippen molar-refractivity contribution in [2.24, 2.45) is 0 Å². The molecule has 1 amide bonds. The summed E-state index contributed by atoms with van der Waals surface area (Å²) in [6.07, 6.45) is 2.66. The van der Waals surface area contributed by atoms with Crippen molar-refractivity contribution in [1.29, 1.82) is 0 Å². The molecule has 0 aliphatic carbocycles. The highest BCUT2D eigenvalue weighted by Gasteiger charge is 2.24. The maximum absolute atomic E-state index is 13.0. The summed E-state index contributed by atoms with van der Waals surface area (Å²) < 4.78 is 30.7. The predicted octanol–water partition coefficient (Wildman–Crippen LogP) is 3.65. The van der Waals surface area contributed by atoms with Gasteiger partial charge in [0.05, 0.1) is 19.1 Å². The standard InChI is InChI=1S/C25H29N3O5S/c1-25(2,3)20-13-18(19-7-6-12-26-24(19)30)14-21(22(20)33-4)28-23(29)17-10-8-16(9-11-17)15-27-34(5,31)32/h6-14,27H,15H2,1-5H3,(H,26,30)(H,28,29). The molecule has 9 heteroatoms. The van der Waals surface area contributed by atoms with Gasteiger partial charge in [-0.3, -0.25) is 9.59 Å². The lowest BCUT2D eigenvalue weighted by molar-refractivity contribution is 0.102. The summed E-state index contributed by atoms with van der Waals surface area (Å²) in [7, 11) is -1.77. The van der Waals surface area contributed by atoms with Crippen molar-refractivity contribution >= 4 is 21.6 Å². The number of aromatic nitrogens is 1. The van der Waals surface area contributed by atoms with Gasteiger partial charge in [0, 0.05) is 29.4 Å². The van der Waals surface area contributed by atoms with Crippen LogP contribution in [0.1, 0.15) is 42.3 Å². The molecular weight excluding hydrogens is 454 g/mol. The fourth-order valence-corrected chi connectivity index (χ4v) is 3.91. The van der Waals surface area contributed by atoms with Crippen LogP contribution in [0.5, 0.6) is 5.75 Å². The first kappa shape index (κ1) is 25.2. The van der Waals surface area contributed by atoms with Gasteiger partial charge < -0.3 is 15.0 Å². The summed E-state index contributed by atoms with van der Waals surface area (Å²) >= 11 is 0. The van der Waals surface area contributed by atoms with Crippen molar-refractivity contribution in [3.8, 4) is 16.9 Å². The molecule has 2 aromatic carbocycles. The molecule has 3 aromatic rings. The molecule has 0 bridgehead atoms. The number of carbonyl (C=O) groups excluding carboxylic acids is 1. The molecule has 0 atom stereocenters. The van der Waals surface area contributed by atoms with Crippen LogP contribution >= 0.6 is 0 Å². The summed E-state index contributed by atoms with van der Waals surface area (Å²) in [6.45, 7) is 6.22. The van der Waals surface area contributed by atoms with Crippen LogP contribution in [0.15, 0.2) is 59.5 Å². The van der Waals surface area contributed by atoms with Gasteiger partial charge in [-0.05, 0) is 52.9 Å². The molecule has 1 heterocycles. The average Bonchev–Trinajstić information content (AvgIpc) is 2.76. The number of pyridine rings is 1. The zero-order chi connectivity index (χ0) is 25.1. The predicted molar refractivity (Wildman–Crippen MR) is 134 cm³/mol. The van der Waals surface area contributed by atoms with E-state index in [1.807, 2.05) is 26.8 Å². The molecule has 0 saturated heterocycles. The Kier molecular flexibility index (Phi) is 7.28. The molecule has 0 radical (unpaired) electrons. The lowest BCUT2D eigenvalue weighted by Gasteiger charge is -2.25. The van der Waals surface area contributed by atoms with Crippen LogP contribution in [0.3, 0.4) is 0 Å². The molecule has 8 nitrogen and oxygen atoms in total. The van der Waals surface area contributed by atoms with Crippen molar-refractivity contribution in [3.05, 3.63) is 81.8 Å². The van der Waals surface area contributed by atoms with Gasteiger partial charge in [-0.2, -0.15) is 0 Å². The fourth-order valence-electron chi connectivity index (χ4n) is 3.49. The molecule has 0 spiro atoms. The SMILES string of the molecule is COc1c(NC(=O)c2ccc(CNS(C)(=O)=O)cc2)cc(-c2ccc[nH]c2=O)cc1C(C)(C)C. The van der Waals surface area contributed by atoms with Crippen molar-refractivity contribution in [3.63, 3.8) is 0 Å². The van der Waals surface area contributed by atoms with Gasteiger partial charge in [0.1, 0.15) is 5.75 Å². The number of nitrogens with one attached hydrogen (secondary N) is 3. The van der Waals surface area contributed by atoms with E-state index in [0.717, 1.165) is 17.4 Å². The van der Waals surface area contributed by atoms with Gasteiger partial charge in [-0.1, -0.05) is 32.9 Å². The summed E-state index contributed by atoms with van der Waals surface area (Å²) in [6, 6.07) is 13.7. The minimum absolute atomic E-state index is 0.136. The van der Waals surface area contributed by atoms with Gasteiger partial charge in [0.15, 0.2) is 0 Å². The van der Waals surface area contributed by atoms with E-state index in [0.29, 0.717) is 28.1 Å². The first-order valence-electron chi connectivity index (χ1n) is 10.6. The van der Waals surface area contributed by atoms with E-state index in [-0.39, 0.29) is 23.4 Å². The van der Waals surface area contributed by atoms with Crippen LogP contribution in [-0.2, 0) is 22.0 Å². The first-order chi connectivity index (χ1) is 15.9. The van der Waals surface area contributed by atoms with Gasteiger partial charge in [0.2, 0.25) is 10.0 Å². The minimum Gasteiger partial charge on any atom is -0.494 e. The molecular formula is C25H29N3O5S. The lowest BCUT2D eigenvalue weighted by Crippen LogP contribution is -2.21. The topological polar surface area (TPSA) is 117 Å². The highest BCUT2D eigenvalue weighted by atomic mass is 32.2. The summed E-state index contributed by atoms with van der Waals surface area (Å²) in [5.74, 6) is 0.158. The van der Waals surface area contributed by atoms with Gasteiger partial charge in [0.25, 0.3) is 11.5 Å². The van der Waals surface area contributed by atoms with Crippen LogP contribution < -0.4 is 20.3 Å². The number of amides is 1. The van der Waals surface area contributed by atoms with Crippen LogP contribution in [-0.4, -0.2) is 32.7 Å². The Hall–Kier alpha value is -3.43. The molecule has 0 fully saturated rings. The van der Waals surface area contributed by atoms with Crippen molar-refractivity contribution in [1.82, 2.24) is 9.71 Å². The van der Waals surface area contributed by atoms with E-state index in [1.165, 1.54) is 0 Å². The highest BCUT2D eigenvalue weighted by molar-refractivity contribution is 7.88. The molecule has 3 rings (SSSR count). The third-order valence-electron chi connectivity index (χ3n) is 5.23. The second-order valence-electron chi connectivity index (χ2n) is 9.01. The molecule has 0 saturated carbocycles. The number of benzene rings is 2. The van der Waals surface area contributed by atoms with Gasteiger partial charge in [-0.25, -0.2) is 13.1 Å². The van der Waals surface area contributed by atoms with E-state index >= 15 is 0 Å². The Balaban J connectivity index is 1.98. The second kappa shape index (κ2) is 9.82. The summed E-state index contributed by atoms with van der Waals surface area (Å²) in [5, 5.41) is 2.91. The number of rotatable bonds is 7. The third kappa shape index (κ3) is 6.12. The quantitative estimate of drug-likeness (QED) is 0.474. The molecule has 34 heavy (non-hydrogen) atoms. The molecule has 0 aliphatic rings. The number of methoxy groups -OCH3 is 1. The highest BCUT2D eigenvalue weighted by Crippen LogP contribution is 2.40. The van der Waals surface area contributed by atoms with Crippen LogP contribution in [0.4, 0.5) is 5.69 Å². The molecule has 0 unspecified atom stereocenters. The Morgan fingerprint density at radius 2 is 1.76 bits per heavy atom. The van der Waals surface area contributed by atoms with E-state index in [2.05, 4.69) is 15.0 Å². The molecule has 3 N–H and O–H groups in total. The Labute approximate surface area is 199 Å². The number of H-pyrrole nitrogens is 1. The zero-order valence-electron chi connectivity index (χ0n) is 19.9. The van der Waals surface area contributed by atoms with E-state index in [4.69, 9.17) is 4.74 Å². The average molecular weight is 484 g/mol. The number of carbonyl (C=O) groups is 1. The van der Waals surface area contributed by atoms with Crippen LogP contribution in [0.25, 0.3) is 11.1 Å². The van der Waals surface area contributed by atoms with Crippen molar-refractivity contribution in [2.75, 3.05) is 18.7 Å². The lowest BCUT2D eigenvalue weighted by atomic mass is 9.84. The van der Waals surface area contributed by atoms with E-state index in [1.54, 1.807) is 55.8 Å². The second-order valence-corrected chi connectivity index (χ2v) is 10.8. The van der Waals surface area contributed by atoms with Crippen molar-refractivity contribution in [2.45, 2.75) is 32.7 Å². The first-order valence-corrected chi connectivity index (χ1v) is 12.5. The zero-order valence-corrected chi connectivity index (χ0v) is 20.7. The monoisotopic (exact) mass is 483 g/mol. The van der Waals surface area contributed by atoms with Gasteiger partial charge >= 0.3 is 0 Å². The largest absolute Gasteiger partial charge is 0.494 e. The molecule has 180 valence electrons. The number of sulfonamides is 1. The van der Waals surface area contributed by atoms with Crippen LogP contribution in [0.2, 0.25) is 0 Å². The number of ether oxygens (including phenoxy) is 1. The molecule has 0 aliphatic heterocycles. The maximum atomic E-state index is 13.0. The number of hydrogen-bond acceptors (Lipinski definition) is 5. The summed E-state index contributed by atoms with van der Waals surface area (Å²) in [5.41, 5.74) is 2.98. The Bertz CT molecular complexity index is 1350. The van der Waals surface area contributed by atoms with E-state index < -0.39 is 10.0 Å². The number of anilines is 1. The fraction of sp³-hybridized carbons (Fsp3) is 0.280. The Morgan fingerprint density at radius 3 is 2.32 bits per heavy atom. The molecule has 1 aromatic heterocycles. The smallest absolute Gasteiger partial charge is 0.255 e. The summed E-state index contributed by atoms with van der Waals surface area (Å²) in [4.78, 5) is 28.1.